The number of fused-ring (bicyclic) bond motifs is 1. The number of nitrogens with two attached hydrogens (primary N) is 1. The molecule has 1 saturated heterocycles. The number of nitrogen functional groups attached to an aromatic ring is 1. The topological polar surface area (TPSA) is 58.8 Å². The largest absolute Gasteiger partial charge is 0.476 e. The number of rotatable bonds is 3. The first kappa shape index (κ1) is 15.2. The zero-order chi connectivity index (χ0) is 15.7. The summed E-state index contributed by atoms with van der Waals surface area (Å²) in [7, 11) is 0. The van der Waals surface area contributed by atoms with E-state index in [1.54, 1.807) is 0 Å². The van der Waals surface area contributed by atoms with Crippen LogP contribution in [0.3, 0.4) is 0 Å². The Kier molecular flexibility index (Phi) is 4.00. The molecular formula is C17H25N3O2. The number of nitrogens with zero attached hydrogens (tertiary/aromatic N) is 2. The molecule has 22 heavy (non-hydrogen) atoms. The number of likely N-dealkylation sites (tertiary alicyclic amines) is 1. The van der Waals surface area contributed by atoms with Crippen molar-refractivity contribution >= 4 is 17.3 Å². The van der Waals surface area contributed by atoms with Crippen LogP contribution in [0, 0.1) is 0 Å². The van der Waals surface area contributed by atoms with Crippen LogP contribution in [0.4, 0.5) is 11.4 Å². The van der Waals surface area contributed by atoms with Crippen molar-refractivity contribution in [2.45, 2.75) is 38.7 Å². The number of anilines is 2. The van der Waals surface area contributed by atoms with Crippen molar-refractivity contribution in [1.29, 1.82) is 0 Å². The molecule has 0 unspecified atom stereocenters. The fourth-order valence-corrected chi connectivity index (χ4v) is 3.29. The van der Waals surface area contributed by atoms with E-state index in [9.17, 15) is 4.79 Å². The highest BCUT2D eigenvalue weighted by Crippen LogP contribution is 2.41. The van der Waals surface area contributed by atoms with Crippen molar-refractivity contribution in [2.75, 3.05) is 36.8 Å². The van der Waals surface area contributed by atoms with Gasteiger partial charge in [-0.25, -0.2) is 0 Å². The molecule has 2 aliphatic heterocycles. The van der Waals surface area contributed by atoms with E-state index in [1.807, 2.05) is 36.9 Å². The number of hydrogen-bond acceptors (Lipinski definition) is 4. The maximum absolute atomic E-state index is 12.8. The van der Waals surface area contributed by atoms with Gasteiger partial charge in [-0.05, 0) is 51.9 Å². The minimum absolute atomic E-state index is 0.0186. The molecule has 0 bridgehead atoms. The first-order chi connectivity index (χ1) is 10.5. The van der Waals surface area contributed by atoms with E-state index in [4.69, 9.17) is 10.5 Å². The molecule has 2 heterocycles. The Hall–Kier alpha value is -1.75. The average molecular weight is 303 g/mol. The van der Waals surface area contributed by atoms with Gasteiger partial charge in [0.15, 0.2) is 5.60 Å². The van der Waals surface area contributed by atoms with Crippen LogP contribution in [0.15, 0.2) is 18.2 Å². The van der Waals surface area contributed by atoms with Crippen molar-refractivity contribution in [1.82, 2.24) is 4.90 Å². The summed E-state index contributed by atoms with van der Waals surface area (Å²) >= 11 is 0. The van der Waals surface area contributed by atoms with Crippen LogP contribution in [-0.4, -0.2) is 42.6 Å². The molecule has 0 atom stereocenters. The molecule has 120 valence electrons. The van der Waals surface area contributed by atoms with Crippen LogP contribution in [-0.2, 0) is 4.79 Å². The van der Waals surface area contributed by atoms with Gasteiger partial charge in [-0.15, -0.1) is 0 Å². The summed E-state index contributed by atoms with van der Waals surface area (Å²) in [4.78, 5) is 17.0. The molecular weight excluding hydrogens is 278 g/mol. The Labute approximate surface area is 132 Å². The Morgan fingerprint density at radius 1 is 1.18 bits per heavy atom. The molecule has 2 N–H and O–H groups in total. The summed E-state index contributed by atoms with van der Waals surface area (Å²) in [6.45, 7) is 7.42. The third-order valence-electron chi connectivity index (χ3n) is 4.51. The molecule has 5 nitrogen and oxygen atoms in total. The SMILES string of the molecule is CC1(C)Oc2cccc(N)c2N(CCN2CCCCC2)C1=O. The van der Waals surface area contributed by atoms with E-state index in [0.717, 1.165) is 25.3 Å². The lowest BCUT2D eigenvalue weighted by Gasteiger charge is -2.40. The summed E-state index contributed by atoms with van der Waals surface area (Å²) in [5.74, 6) is 0.679. The lowest BCUT2D eigenvalue weighted by Crippen LogP contribution is -2.54. The van der Waals surface area contributed by atoms with E-state index >= 15 is 0 Å². The van der Waals surface area contributed by atoms with Gasteiger partial charge in [-0.1, -0.05) is 12.5 Å². The van der Waals surface area contributed by atoms with Gasteiger partial charge in [0.2, 0.25) is 0 Å². The number of hydrogen-bond donors (Lipinski definition) is 1. The lowest BCUT2D eigenvalue weighted by molar-refractivity contribution is -0.132. The van der Waals surface area contributed by atoms with Crippen LogP contribution >= 0.6 is 0 Å². The zero-order valence-electron chi connectivity index (χ0n) is 13.5. The summed E-state index contributed by atoms with van der Waals surface area (Å²) in [5.41, 5.74) is 6.58. The molecule has 0 spiro atoms. The summed E-state index contributed by atoms with van der Waals surface area (Å²) in [5, 5.41) is 0. The van der Waals surface area contributed by atoms with Crippen molar-refractivity contribution in [3.63, 3.8) is 0 Å². The molecule has 5 heteroatoms. The van der Waals surface area contributed by atoms with E-state index in [1.165, 1.54) is 19.3 Å². The number of amides is 1. The van der Waals surface area contributed by atoms with Gasteiger partial charge in [0.1, 0.15) is 11.4 Å². The third kappa shape index (κ3) is 2.77. The minimum atomic E-state index is -0.845. The second kappa shape index (κ2) is 5.80. The number of benzene rings is 1. The molecule has 0 saturated carbocycles. The summed E-state index contributed by atoms with van der Waals surface area (Å²) in [6, 6.07) is 5.57. The van der Waals surface area contributed by atoms with Crippen LogP contribution in [0.2, 0.25) is 0 Å². The molecule has 0 aliphatic carbocycles. The highest BCUT2D eigenvalue weighted by molar-refractivity contribution is 6.05. The number of carbonyl (C=O) groups excluding carboxylic acids is 1. The second-order valence-corrected chi connectivity index (χ2v) is 6.67. The van der Waals surface area contributed by atoms with Crippen LogP contribution in [0.5, 0.6) is 5.75 Å². The van der Waals surface area contributed by atoms with Crippen molar-refractivity contribution in [3.8, 4) is 5.75 Å². The van der Waals surface area contributed by atoms with Gasteiger partial charge in [-0.3, -0.25) is 4.79 Å². The van der Waals surface area contributed by atoms with Gasteiger partial charge >= 0.3 is 0 Å². The molecule has 2 aliphatic rings. The molecule has 1 aromatic rings. The van der Waals surface area contributed by atoms with E-state index in [0.29, 0.717) is 18.0 Å². The number of carbonyl (C=O) groups is 1. The fraction of sp³-hybridized carbons (Fsp3) is 0.588. The highest BCUT2D eigenvalue weighted by Gasteiger charge is 2.41. The molecule has 3 rings (SSSR count). The van der Waals surface area contributed by atoms with Crippen LogP contribution < -0.4 is 15.4 Å². The van der Waals surface area contributed by atoms with E-state index < -0.39 is 5.60 Å². The van der Waals surface area contributed by atoms with Crippen LogP contribution in [0.25, 0.3) is 0 Å². The average Bonchev–Trinajstić information content (AvgIpc) is 2.49. The van der Waals surface area contributed by atoms with Gasteiger partial charge in [-0.2, -0.15) is 0 Å². The molecule has 1 aromatic carbocycles. The van der Waals surface area contributed by atoms with Gasteiger partial charge < -0.3 is 20.3 Å². The van der Waals surface area contributed by atoms with Gasteiger partial charge in [0, 0.05) is 13.1 Å². The summed E-state index contributed by atoms with van der Waals surface area (Å²) in [6.07, 6.45) is 3.82. The van der Waals surface area contributed by atoms with Crippen molar-refractivity contribution < 1.29 is 9.53 Å². The monoisotopic (exact) mass is 303 g/mol. The van der Waals surface area contributed by atoms with Gasteiger partial charge in [0.25, 0.3) is 5.91 Å². The van der Waals surface area contributed by atoms with Gasteiger partial charge in [0.05, 0.1) is 5.69 Å². The first-order valence-electron chi connectivity index (χ1n) is 8.11. The number of para-hydroxylation sites is 1. The Morgan fingerprint density at radius 3 is 2.64 bits per heavy atom. The molecule has 0 aromatic heterocycles. The maximum atomic E-state index is 12.8. The molecule has 0 radical (unpaired) electrons. The van der Waals surface area contributed by atoms with Crippen molar-refractivity contribution in [2.24, 2.45) is 0 Å². The zero-order valence-corrected chi connectivity index (χ0v) is 13.5. The third-order valence-corrected chi connectivity index (χ3v) is 4.51. The van der Waals surface area contributed by atoms with E-state index in [-0.39, 0.29) is 5.91 Å². The predicted molar refractivity (Wildman–Crippen MR) is 88.2 cm³/mol. The number of ether oxygens (including phenoxy) is 1. The maximum Gasteiger partial charge on any atom is 0.270 e. The molecule has 1 amide bonds. The predicted octanol–water partition coefficient (Wildman–Crippen LogP) is 2.26. The Balaban J connectivity index is 1.83. The Morgan fingerprint density at radius 2 is 1.91 bits per heavy atom. The first-order valence-corrected chi connectivity index (χ1v) is 8.11. The quantitative estimate of drug-likeness (QED) is 0.870. The van der Waals surface area contributed by atoms with Crippen molar-refractivity contribution in [3.05, 3.63) is 18.2 Å². The highest BCUT2D eigenvalue weighted by atomic mass is 16.5. The summed E-state index contributed by atoms with van der Waals surface area (Å²) < 4.78 is 5.85. The minimum Gasteiger partial charge on any atom is -0.476 e. The normalized spacial score (nSPS) is 21.4. The Bertz CT molecular complexity index is 565. The fourth-order valence-electron chi connectivity index (χ4n) is 3.29. The smallest absolute Gasteiger partial charge is 0.270 e. The standard InChI is InChI=1S/C17H25N3O2/c1-17(2)16(21)20(12-11-19-9-4-3-5-10-19)15-13(18)7-6-8-14(15)22-17/h6-8H,3-5,9-12,18H2,1-2H3. The van der Waals surface area contributed by atoms with E-state index in [2.05, 4.69) is 4.90 Å². The molecule has 1 fully saturated rings. The lowest BCUT2D eigenvalue weighted by atomic mass is 10.0. The van der Waals surface area contributed by atoms with Crippen LogP contribution in [0.1, 0.15) is 33.1 Å². The second-order valence-electron chi connectivity index (χ2n) is 6.67. The number of piperidine rings is 1.